The first-order valence-electron chi connectivity index (χ1n) is 5.75. The van der Waals surface area contributed by atoms with Crippen LogP contribution in [-0.4, -0.2) is 18.5 Å². The van der Waals surface area contributed by atoms with Crippen molar-refractivity contribution >= 4 is 27.3 Å². The van der Waals surface area contributed by atoms with Gasteiger partial charge in [0, 0.05) is 11.8 Å². The minimum absolute atomic E-state index is 0.0111. The molecule has 2 rings (SSSR count). The maximum atomic E-state index is 12.2. The van der Waals surface area contributed by atoms with Gasteiger partial charge < -0.3 is 5.11 Å². The van der Waals surface area contributed by atoms with Gasteiger partial charge in [-0.3, -0.25) is 4.72 Å². The summed E-state index contributed by atoms with van der Waals surface area (Å²) < 4.78 is 26.9. The lowest BCUT2D eigenvalue weighted by molar-refractivity contribution is 0.467. The summed E-state index contributed by atoms with van der Waals surface area (Å²) in [4.78, 5) is 3.75. The number of aryl methyl sites for hydroxylation is 1. The van der Waals surface area contributed by atoms with E-state index in [1.54, 1.807) is 26.0 Å². The van der Waals surface area contributed by atoms with Gasteiger partial charge in [0.1, 0.15) is 10.9 Å². The number of aromatic nitrogens is 1. The van der Waals surface area contributed by atoms with E-state index in [0.717, 1.165) is 0 Å². The number of benzene rings is 1. The zero-order chi connectivity index (χ0) is 14.9. The average molecular weight is 313 g/mol. The van der Waals surface area contributed by atoms with Crippen LogP contribution in [0.15, 0.2) is 35.4 Å². The molecular weight excluding hydrogens is 300 g/mol. The van der Waals surface area contributed by atoms with Gasteiger partial charge in [0.2, 0.25) is 0 Å². The van der Waals surface area contributed by atoms with Crippen LogP contribution in [-0.2, 0) is 10.0 Å². The highest BCUT2D eigenvalue weighted by Crippen LogP contribution is 2.29. The van der Waals surface area contributed by atoms with E-state index in [4.69, 9.17) is 11.6 Å². The molecule has 0 saturated carbocycles. The highest BCUT2D eigenvalue weighted by atomic mass is 35.5. The number of rotatable bonds is 3. The lowest BCUT2D eigenvalue weighted by atomic mass is 10.1. The van der Waals surface area contributed by atoms with Gasteiger partial charge in [-0.25, -0.2) is 13.4 Å². The smallest absolute Gasteiger partial charge is 0.262 e. The van der Waals surface area contributed by atoms with E-state index in [0.29, 0.717) is 16.8 Å². The maximum Gasteiger partial charge on any atom is 0.262 e. The van der Waals surface area contributed by atoms with Gasteiger partial charge >= 0.3 is 0 Å². The van der Waals surface area contributed by atoms with Crippen molar-refractivity contribution < 1.29 is 13.5 Å². The Morgan fingerprint density at radius 3 is 2.60 bits per heavy atom. The Labute approximate surface area is 122 Å². The van der Waals surface area contributed by atoms with Crippen LogP contribution in [0.1, 0.15) is 11.1 Å². The Hall–Kier alpha value is -1.79. The van der Waals surface area contributed by atoms with Gasteiger partial charge in [0.05, 0.1) is 10.6 Å². The molecule has 0 spiro atoms. The molecule has 106 valence electrons. The molecule has 0 saturated heterocycles. The molecule has 1 aromatic carbocycles. The molecule has 0 fully saturated rings. The third-order valence-corrected chi connectivity index (χ3v) is 4.46. The molecule has 7 heteroatoms. The first-order chi connectivity index (χ1) is 9.31. The van der Waals surface area contributed by atoms with Gasteiger partial charge in [-0.2, -0.15) is 0 Å². The second-order valence-corrected chi connectivity index (χ2v) is 6.39. The molecular formula is C13H13ClN2O3S. The molecule has 0 atom stereocenters. The fourth-order valence-corrected chi connectivity index (χ4v) is 3.08. The fourth-order valence-electron chi connectivity index (χ4n) is 1.70. The second kappa shape index (κ2) is 5.30. The topological polar surface area (TPSA) is 79.3 Å². The lowest BCUT2D eigenvalue weighted by Gasteiger charge is -2.12. The number of halogens is 1. The van der Waals surface area contributed by atoms with Crippen LogP contribution in [0.5, 0.6) is 5.75 Å². The van der Waals surface area contributed by atoms with E-state index >= 15 is 0 Å². The number of sulfonamides is 1. The standard InChI is InChI=1S/C13H13ClN2O3S/c1-8-3-4-11(9(2)13(8)17)16-20(18,19)10-5-6-15-12(14)7-10/h3-7,16-17H,1-2H3. The average Bonchev–Trinajstić information content (AvgIpc) is 2.39. The molecule has 0 radical (unpaired) electrons. The molecule has 20 heavy (non-hydrogen) atoms. The van der Waals surface area contributed by atoms with Crippen LogP contribution in [0, 0.1) is 13.8 Å². The molecule has 0 aliphatic carbocycles. The number of nitrogens with zero attached hydrogens (tertiary/aromatic N) is 1. The summed E-state index contributed by atoms with van der Waals surface area (Å²) in [5, 5.41) is 9.93. The number of anilines is 1. The molecule has 0 bridgehead atoms. The number of phenolic OH excluding ortho intramolecular Hbond substituents is 1. The SMILES string of the molecule is Cc1ccc(NS(=O)(=O)c2ccnc(Cl)c2)c(C)c1O. The van der Waals surface area contributed by atoms with Crippen LogP contribution >= 0.6 is 11.6 Å². The third-order valence-electron chi connectivity index (χ3n) is 2.89. The number of phenols is 1. The van der Waals surface area contributed by atoms with Gasteiger partial charge in [0.15, 0.2) is 0 Å². The summed E-state index contributed by atoms with van der Waals surface area (Å²) in [5.74, 6) is 0.0676. The molecule has 0 amide bonds. The van der Waals surface area contributed by atoms with Crippen LogP contribution in [0.3, 0.4) is 0 Å². The molecule has 2 N–H and O–H groups in total. The minimum atomic E-state index is -3.77. The molecule has 2 aromatic rings. The van der Waals surface area contributed by atoms with Crippen molar-refractivity contribution in [3.63, 3.8) is 0 Å². The van der Waals surface area contributed by atoms with E-state index in [-0.39, 0.29) is 15.8 Å². The van der Waals surface area contributed by atoms with Crippen molar-refractivity contribution in [1.29, 1.82) is 0 Å². The zero-order valence-electron chi connectivity index (χ0n) is 10.9. The first-order valence-corrected chi connectivity index (χ1v) is 7.61. The van der Waals surface area contributed by atoms with Gasteiger partial charge in [-0.05, 0) is 37.6 Å². The van der Waals surface area contributed by atoms with Gasteiger partial charge in [-0.1, -0.05) is 17.7 Å². The molecule has 5 nitrogen and oxygen atoms in total. The largest absolute Gasteiger partial charge is 0.507 e. The van der Waals surface area contributed by atoms with Crippen molar-refractivity contribution in [2.45, 2.75) is 18.7 Å². The van der Waals surface area contributed by atoms with Crippen LogP contribution in [0.25, 0.3) is 0 Å². The summed E-state index contributed by atoms with van der Waals surface area (Å²) in [6.07, 6.45) is 1.32. The minimum Gasteiger partial charge on any atom is -0.507 e. The van der Waals surface area contributed by atoms with E-state index in [1.807, 2.05) is 0 Å². The number of hydrogen-bond acceptors (Lipinski definition) is 4. The maximum absolute atomic E-state index is 12.2. The Balaban J connectivity index is 2.41. The van der Waals surface area contributed by atoms with Crippen molar-refractivity contribution in [3.05, 3.63) is 46.7 Å². The normalized spacial score (nSPS) is 11.3. The van der Waals surface area contributed by atoms with Crippen molar-refractivity contribution in [2.75, 3.05) is 4.72 Å². The van der Waals surface area contributed by atoms with Gasteiger partial charge in [-0.15, -0.1) is 0 Å². The quantitative estimate of drug-likeness (QED) is 0.854. The van der Waals surface area contributed by atoms with E-state index in [9.17, 15) is 13.5 Å². The van der Waals surface area contributed by atoms with Crippen LogP contribution in [0.4, 0.5) is 5.69 Å². The molecule has 1 heterocycles. The van der Waals surface area contributed by atoms with Crippen LogP contribution in [0.2, 0.25) is 5.15 Å². The monoisotopic (exact) mass is 312 g/mol. The summed E-state index contributed by atoms with van der Waals surface area (Å²) in [5.41, 5.74) is 1.46. The summed E-state index contributed by atoms with van der Waals surface area (Å²) in [7, 11) is -3.77. The number of nitrogens with one attached hydrogen (secondary N) is 1. The van der Waals surface area contributed by atoms with Crippen molar-refractivity contribution in [1.82, 2.24) is 4.98 Å². The highest BCUT2D eigenvalue weighted by molar-refractivity contribution is 7.92. The number of pyridine rings is 1. The molecule has 0 unspecified atom stereocenters. The summed E-state index contributed by atoms with van der Waals surface area (Å²) in [6, 6.07) is 5.84. The number of aromatic hydroxyl groups is 1. The van der Waals surface area contributed by atoms with Gasteiger partial charge in [0.25, 0.3) is 10.0 Å². The Morgan fingerprint density at radius 1 is 1.25 bits per heavy atom. The third kappa shape index (κ3) is 2.86. The Kier molecular flexibility index (Phi) is 3.87. The predicted octanol–water partition coefficient (Wildman–Crippen LogP) is 2.86. The summed E-state index contributed by atoms with van der Waals surface area (Å²) in [6.45, 7) is 3.38. The molecule has 0 aliphatic heterocycles. The molecule has 1 aromatic heterocycles. The van der Waals surface area contributed by atoms with Crippen LogP contribution < -0.4 is 4.72 Å². The van der Waals surface area contributed by atoms with E-state index in [2.05, 4.69) is 9.71 Å². The van der Waals surface area contributed by atoms with Crippen molar-refractivity contribution in [3.8, 4) is 5.75 Å². The number of hydrogen-bond donors (Lipinski definition) is 2. The van der Waals surface area contributed by atoms with E-state index in [1.165, 1.54) is 18.3 Å². The highest BCUT2D eigenvalue weighted by Gasteiger charge is 2.17. The Morgan fingerprint density at radius 2 is 1.95 bits per heavy atom. The summed E-state index contributed by atoms with van der Waals surface area (Å²) >= 11 is 5.69. The zero-order valence-corrected chi connectivity index (χ0v) is 12.5. The Bertz CT molecular complexity index is 760. The molecule has 0 aliphatic rings. The first kappa shape index (κ1) is 14.6. The van der Waals surface area contributed by atoms with Crippen molar-refractivity contribution in [2.24, 2.45) is 0 Å². The van der Waals surface area contributed by atoms with E-state index < -0.39 is 10.0 Å². The lowest BCUT2D eigenvalue weighted by Crippen LogP contribution is -2.14. The second-order valence-electron chi connectivity index (χ2n) is 4.32. The predicted molar refractivity (Wildman–Crippen MR) is 77.6 cm³/mol. The fraction of sp³-hybridized carbons (Fsp3) is 0.154.